The summed E-state index contributed by atoms with van der Waals surface area (Å²) in [6.07, 6.45) is 11.1. The molecule has 3 heterocycles. The fraction of sp³-hybridized carbons (Fsp3) is 0.600. The van der Waals surface area contributed by atoms with E-state index < -0.39 is 5.60 Å². The summed E-state index contributed by atoms with van der Waals surface area (Å²) in [5.74, 6) is 0.703. The van der Waals surface area contributed by atoms with Crippen molar-refractivity contribution < 1.29 is 9.84 Å². The van der Waals surface area contributed by atoms with Gasteiger partial charge in [-0.1, -0.05) is 18.9 Å². The molecule has 1 saturated carbocycles. The highest BCUT2D eigenvalue weighted by Crippen LogP contribution is 2.44. The highest BCUT2D eigenvalue weighted by Gasteiger charge is 2.43. The Kier molecular flexibility index (Phi) is 2.24. The number of aliphatic hydroxyl groups is 1. The normalized spacial score (nSPS) is 34.5. The van der Waals surface area contributed by atoms with Gasteiger partial charge in [-0.25, -0.2) is 0 Å². The van der Waals surface area contributed by atoms with E-state index in [4.69, 9.17) is 4.74 Å². The first-order chi connectivity index (χ1) is 8.74. The molecule has 96 valence electrons. The van der Waals surface area contributed by atoms with Crippen LogP contribution in [0.5, 0.6) is 0 Å². The zero-order chi connectivity index (χ0) is 12.2. The first-order valence-electron chi connectivity index (χ1n) is 6.95. The Morgan fingerprint density at radius 1 is 1.44 bits per heavy atom. The molecule has 3 nitrogen and oxygen atoms in total. The third-order valence-electron chi connectivity index (χ3n) is 4.43. The second-order valence-corrected chi connectivity index (χ2v) is 6.00. The van der Waals surface area contributed by atoms with Gasteiger partial charge in [-0.05, 0) is 30.4 Å². The highest BCUT2D eigenvalue weighted by atomic mass is 16.5. The quantitative estimate of drug-likeness (QED) is 0.807. The summed E-state index contributed by atoms with van der Waals surface area (Å²) in [4.78, 5) is 2.27. The molecule has 0 amide bonds. The van der Waals surface area contributed by atoms with Crippen molar-refractivity contribution in [2.45, 2.75) is 31.3 Å². The lowest BCUT2D eigenvalue weighted by Gasteiger charge is -2.39. The van der Waals surface area contributed by atoms with E-state index in [0.717, 1.165) is 25.0 Å². The number of rotatable bonds is 2. The molecule has 0 bridgehead atoms. The Labute approximate surface area is 107 Å². The summed E-state index contributed by atoms with van der Waals surface area (Å²) in [6, 6.07) is 0. The first-order valence-corrected chi connectivity index (χ1v) is 6.95. The van der Waals surface area contributed by atoms with Crippen LogP contribution in [0, 0.1) is 5.92 Å². The summed E-state index contributed by atoms with van der Waals surface area (Å²) < 4.78 is 5.63. The van der Waals surface area contributed by atoms with Gasteiger partial charge in [0, 0.05) is 24.0 Å². The number of hydrogen-bond acceptors (Lipinski definition) is 3. The van der Waals surface area contributed by atoms with Crippen molar-refractivity contribution in [2.24, 2.45) is 5.92 Å². The van der Waals surface area contributed by atoms with E-state index in [1.54, 1.807) is 0 Å². The third kappa shape index (κ3) is 1.65. The van der Waals surface area contributed by atoms with Gasteiger partial charge in [0.2, 0.25) is 0 Å². The molecule has 0 spiro atoms. The SMILES string of the molecule is O[C@]1(CC2CC2)COCC2=CN3CCC=C3C=C21. The topological polar surface area (TPSA) is 32.7 Å². The predicted octanol–water partition coefficient (Wildman–Crippen LogP) is 1.96. The molecular formula is C15H19NO2. The van der Waals surface area contributed by atoms with Crippen LogP contribution in [-0.4, -0.2) is 35.4 Å². The summed E-state index contributed by atoms with van der Waals surface area (Å²) in [6.45, 7) is 2.16. The Morgan fingerprint density at radius 3 is 3.17 bits per heavy atom. The van der Waals surface area contributed by atoms with Crippen molar-refractivity contribution >= 4 is 0 Å². The van der Waals surface area contributed by atoms with Crippen LogP contribution in [0.15, 0.2) is 35.2 Å². The fourth-order valence-corrected chi connectivity index (χ4v) is 3.30. The fourth-order valence-electron chi connectivity index (χ4n) is 3.30. The van der Waals surface area contributed by atoms with Crippen LogP contribution >= 0.6 is 0 Å². The van der Waals surface area contributed by atoms with E-state index in [1.807, 2.05) is 0 Å². The Bertz CT molecular complexity index is 473. The van der Waals surface area contributed by atoms with Crippen LogP contribution in [0.25, 0.3) is 0 Å². The Balaban J connectivity index is 1.70. The standard InChI is InChI=1S/C15H19NO2/c17-15(7-11-3-4-11)10-18-9-12-8-16-5-1-2-13(16)6-14(12)15/h2,6,8,11,17H,1,3-5,7,9-10H2/t15-/m1/s1. The van der Waals surface area contributed by atoms with Crippen LogP contribution < -0.4 is 0 Å². The molecule has 3 aliphatic heterocycles. The van der Waals surface area contributed by atoms with E-state index in [9.17, 15) is 5.11 Å². The molecule has 18 heavy (non-hydrogen) atoms. The van der Waals surface area contributed by atoms with Crippen LogP contribution in [0.4, 0.5) is 0 Å². The number of ether oxygens (including phenoxy) is 1. The van der Waals surface area contributed by atoms with Crippen molar-refractivity contribution in [2.75, 3.05) is 19.8 Å². The van der Waals surface area contributed by atoms with Crippen LogP contribution in [0.1, 0.15) is 25.7 Å². The van der Waals surface area contributed by atoms with E-state index in [-0.39, 0.29) is 0 Å². The van der Waals surface area contributed by atoms with Gasteiger partial charge in [-0.15, -0.1) is 0 Å². The maximum atomic E-state index is 10.9. The van der Waals surface area contributed by atoms with Crippen molar-refractivity contribution in [3.05, 3.63) is 35.2 Å². The predicted molar refractivity (Wildman–Crippen MR) is 68.7 cm³/mol. The summed E-state index contributed by atoms with van der Waals surface area (Å²) in [7, 11) is 0. The van der Waals surface area contributed by atoms with Crippen molar-refractivity contribution in [3.63, 3.8) is 0 Å². The lowest BCUT2D eigenvalue weighted by atomic mass is 9.81. The molecule has 0 radical (unpaired) electrons. The monoisotopic (exact) mass is 245 g/mol. The largest absolute Gasteiger partial charge is 0.383 e. The smallest absolute Gasteiger partial charge is 0.114 e. The molecule has 3 heteroatoms. The summed E-state index contributed by atoms with van der Waals surface area (Å²) >= 11 is 0. The van der Waals surface area contributed by atoms with Gasteiger partial charge in [0.1, 0.15) is 5.60 Å². The minimum absolute atomic E-state index is 0.458. The molecule has 1 aliphatic carbocycles. The summed E-state index contributed by atoms with van der Waals surface area (Å²) in [5, 5.41) is 10.9. The maximum absolute atomic E-state index is 10.9. The van der Waals surface area contributed by atoms with Crippen LogP contribution in [0.2, 0.25) is 0 Å². The van der Waals surface area contributed by atoms with Gasteiger partial charge in [0.25, 0.3) is 0 Å². The molecule has 1 atom stereocenters. The molecule has 0 unspecified atom stereocenters. The highest BCUT2D eigenvalue weighted by molar-refractivity contribution is 5.49. The second-order valence-electron chi connectivity index (χ2n) is 6.00. The molecule has 1 saturated heterocycles. The van der Waals surface area contributed by atoms with Gasteiger partial charge in [-0.2, -0.15) is 0 Å². The number of fused-ring (bicyclic) bond motifs is 2. The van der Waals surface area contributed by atoms with E-state index in [2.05, 4.69) is 23.3 Å². The molecule has 0 aromatic rings. The third-order valence-corrected chi connectivity index (χ3v) is 4.43. The van der Waals surface area contributed by atoms with E-state index in [1.165, 1.54) is 24.1 Å². The molecule has 0 aromatic heterocycles. The number of allylic oxidation sites excluding steroid dienone is 1. The van der Waals surface area contributed by atoms with Gasteiger partial charge in [-0.3, -0.25) is 0 Å². The average molecular weight is 245 g/mol. The van der Waals surface area contributed by atoms with E-state index >= 15 is 0 Å². The molecular weight excluding hydrogens is 226 g/mol. The van der Waals surface area contributed by atoms with Crippen molar-refractivity contribution in [1.82, 2.24) is 4.90 Å². The van der Waals surface area contributed by atoms with Gasteiger partial charge in [0.15, 0.2) is 0 Å². The number of hydrogen-bond donors (Lipinski definition) is 1. The molecule has 1 N–H and O–H groups in total. The van der Waals surface area contributed by atoms with E-state index in [0.29, 0.717) is 19.1 Å². The van der Waals surface area contributed by atoms with Crippen LogP contribution in [0.3, 0.4) is 0 Å². The maximum Gasteiger partial charge on any atom is 0.114 e. The van der Waals surface area contributed by atoms with Crippen molar-refractivity contribution in [1.29, 1.82) is 0 Å². The zero-order valence-corrected chi connectivity index (χ0v) is 10.6. The Hall–Kier alpha value is -1.06. The number of nitrogens with zero attached hydrogens (tertiary/aromatic N) is 1. The minimum Gasteiger partial charge on any atom is -0.383 e. The molecule has 4 rings (SSSR count). The Morgan fingerprint density at radius 2 is 2.33 bits per heavy atom. The van der Waals surface area contributed by atoms with Crippen LogP contribution in [-0.2, 0) is 4.74 Å². The summed E-state index contributed by atoms with van der Waals surface area (Å²) in [5.41, 5.74) is 2.79. The van der Waals surface area contributed by atoms with Gasteiger partial charge in [0.05, 0.1) is 13.2 Å². The second kappa shape index (κ2) is 3.72. The first kappa shape index (κ1) is 10.8. The molecule has 4 aliphatic rings. The van der Waals surface area contributed by atoms with Gasteiger partial charge >= 0.3 is 0 Å². The minimum atomic E-state index is -0.749. The lowest BCUT2D eigenvalue weighted by molar-refractivity contribution is -0.0400. The average Bonchev–Trinajstić information content (AvgIpc) is 3.03. The lowest BCUT2D eigenvalue weighted by Crippen LogP contribution is -2.44. The molecule has 0 aromatic carbocycles. The van der Waals surface area contributed by atoms with Gasteiger partial charge < -0.3 is 14.7 Å². The van der Waals surface area contributed by atoms with Crippen molar-refractivity contribution in [3.8, 4) is 0 Å². The zero-order valence-electron chi connectivity index (χ0n) is 10.6. The molecule has 2 fully saturated rings.